The second-order valence-corrected chi connectivity index (χ2v) is 1.12. The molecule has 40 valence electrons. The fourth-order valence-electron chi connectivity index (χ4n) is 0.118. The molecular weight excluding hydrogens is 96.0 g/mol. The van der Waals surface area contributed by atoms with Crippen molar-refractivity contribution >= 4 is 12.6 Å². The molecule has 0 heterocycles. The first-order valence-corrected chi connectivity index (χ1v) is 1.86. The van der Waals surface area contributed by atoms with Crippen LogP contribution in [0.1, 0.15) is 0 Å². The highest BCUT2D eigenvalue weighted by Crippen LogP contribution is 1.78. The van der Waals surface area contributed by atoms with Gasteiger partial charge in [0.1, 0.15) is 12.6 Å². The molecule has 0 rings (SSSR count). The van der Waals surface area contributed by atoms with Crippen LogP contribution in [0, 0.1) is 5.92 Å². The Balaban J connectivity index is 3.36. The topological polar surface area (TPSA) is 54.4 Å². The zero-order valence-corrected chi connectivity index (χ0v) is 3.70. The first kappa shape index (κ1) is 6.30. The van der Waals surface area contributed by atoms with E-state index in [-0.39, 0.29) is 6.61 Å². The average molecular weight is 102 g/mol. The van der Waals surface area contributed by atoms with E-state index >= 15 is 0 Å². The van der Waals surface area contributed by atoms with Crippen LogP contribution < -0.4 is 0 Å². The van der Waals surface area contributed by atoms with Crippen molar-refractivity contribution in [2.75, 3.05) is 6.61 Å². The quantitative estimate of drug-likeness (QED) is 0.367. The lowest BCUT2D eigenvalue weighted by atomic mass is 10.2. The molecule has 0 aromatic carbocycles. The van der Waals surface area contributed by atoms with E-state index in [2.05, 4.69) is 0 Å². The molecule has 0 aliphatic heterocycles. The van der Waals surface area contributed by atoms with E-state index in [1.165, 1.54) is 0 Å². The van der Waals surface area contributed by atoms with Crippen molar-refractivity contribution in [3.8, 4) is 0 Å². The minimum atomic E-state index is -0.819. The summed E-state index contributed by atoms with van der Waals surface area (Å²) < 4.78 is 0. The smallest absolute Gasteiger partial charge is 0.132 e. The molecule has 3 nitrogen and oxygen atoms in total. The third kappa shape index (κ3) is 2.05. The van der Waals surface area contributed by atoms with Gasteiger partial charge in [0, 0.05) is 0 Å². The summed E-state index contributed by atoms with van der Waals surface area (Å²) in [5.41, 5.74) is 0. The minimum absolute atomic E-state index is 0.382. The van der Waals surface area contributed by atoms with Crippen LogP contribution in [0.15, 0.2) is 0 Å². The summed E-state index contributed by atoms with van der Waals surface area (Å²) in [6.45, 7) is -0.382. The van der Waals surface area contributed by atoms with E-state index in [9.17, 15) is 9.59 Å². The molecular formula is C4H6O3. The Kier molecular flexibility index (Phi) is 3.14. The van der Waals surface area contributed by atoms with Gasteiger partial charge in [-0.1, -0.05) is 0 Å². The van der Waals surface area contributed by atoms with Gasteiger partial charge >= 0.3 is 0 Å². The highest BCUT2D eigenvalue weighted by atomic mass is 16.3. The molecule has 0 amide bonds. The number of carbonyl (C=O) groups excluding carboxylic acids is 2. The molecule has 0 saturated carbocycles. The Labute approximate surface area is 41.0 Å². The molecule has 7 heavy (non-hydrogen) atoms. The van der Waals surface area contributed by atoms with Crippen LogP contribution in [0.2, 0.25) is 0 Å². The lowest BCUT2D eigenvalue weighted by Gasteiger charge is -1.88. The van der Waals surface area contributed by atoms with E-state index in [1.54, 1.807) is 0 Å². The van der Waals surface area contributed by atoms with Crippen LogP contribution in [0.4, 0.5) is 0 Å². The lowest BCUT2D eigenvalue weighted by Crippen LogP contribution is -2.07. The standard InChI is InChI=1S/C4H6O3/c5-1-4(2-6)3-7/h1-2,4,7H,3H2. The number of carbonyl (C=O) groups is 2. The van der Waals surface area contributed by atoms with Gasteiger partial charge in [0.05, 0.1) is 12.5 Å². The number of hydrogen-bond donors (Lipinski definition) is 1. The van der Waals surface area contributed by atoms with Crippen molar-refractivity contribution in [3.63, 3.8) is 0 Å². The number of hydrogen-bond acceptors (Lipinski definition) is 3. The molecule has 0 aromatic heterocycles. The molecule has 0 aliphatic rings. The summed E-state index contributed by atoms with van der Waals surface area (Å²) in [4.78, 5) is 19.2. The summed E-state index contributed by atoms with van der Waals surface area (Å²) in [6.07, 6.45) is 0.819. The normalized spacial score (nSPS) is 8.86. The Morgan fingerprint density at radius 1 is 1.43 bits per heavy atom. The van der Waals surface area contributed by atoms with Crippen molar-refractivity contribution in [2.45, 2.75) is 0 Å². The van der Waals surface area contributed by atoms with Crippen molar-refractivity contribution < 1.29 is 14.7 Å². The minimum Gasteiger partial charge on any atom is -0.395 e. The Hall–Kier alpha value is -0.700. The van der Waals surface area contributed by atoms with Gasteiger partial charge in [0.15, 0.2) is 0 Å². The van der Waals surface area contributed by atoms with E-state index in [0.717, 1.165) is 0 Å². The second kappa shape index (κ2) is 3.49. The number of aldehydes is 2. The molecule has 0 spiro atoms. The van der Waals surface area contributed by atoms with Crippen LogP contribution in [0.25, 0.3) is 0 Å². The zero-order valence-electron chi connectivity index (χ0n) is 3.70. The third-order valence-electron chi connectivity index (χ3n) is 0.560. The highest BCUT2D eigenvalue weighted by molar-refractivity contribution is 5.77. The fraction of sp³-hybridized carbons (Fsp3) is 0.500. The van der Waals surface area contributed by atoms with Crippen LogP contribution in [-0.2, 0) is 9.59 Å². The molecule has 0 bridgehead atoms. The van der Waals surface area contributed by atoms with Gasteiger partial charge in [0.2, 0.25) is 0 Å². The largest absolute Gasteiger partial charge is 0.395 e. The summed E-state index contributed by atoms with van der Waals surface area (Å²) in [6, 6.07) is 0. The van der Waals surface area contributed by atoms with Crippen LogP contribution in [0.5, 0.6) is 0 Å². The van der Waals surface area contributed by atoms with Crippen molar-refractivity contribution in [1.82, 2.24) is 0 Å². The maximum atomic E-state index is 9.58. The summed E-state index contributed by atoms with van der Waals surface area (Å²) >= 11 is 0. The summed E-state index contributed by atoms with van der Waals surface area (Å²) in [5, 5.41) is 8.06. The average Bonchev–Trinajstić information content (AvgIpc) is 1.72. The van der Waals surface area contributed by atoms with E-state index in [4.69, 9.17) is 5.11 Å². The summed E-state index contributed by atoms with van der Waals surface area (Å²) in [7, 11) is 0. The molecule has 0 aliphatic carbocycles. The van der Waals surface area contributed by atoms with Crippen LogP contribution >= 0.6 is 0 Å². The second-order valence-electron chi connectivity index (χ2n) is 1.12. The molecule has 0 fully saturated rings. The summed E-state index contributed by atoms with van der Waals surface area (Å²) in [5.74, 6) is -0.819. The Morgan fingerprint density at radius 3 is 1.86 bits per heavy atom. The predicted octanol–water partition coefficient (Wildman–Crippen LogP) is -1.01. The highest BCUT2D eigenvalue weighted by Gasteiger charge is 1.99. The molecule has 0 aromatic rings. The van der Waals surface area contributed by atoms with E-state index in [0.29, 0.717) is 12.6 Å². The van der Waals surface area contributed by atoms with Gasteiger partial charge in [-0.25, -0.2) is 0 Å². The van der Waals surface area contributed by atoms with Crippen molar-refractivity contribution in [2.24, 2.45) is 5.92 Å². The maximum Gasteiger partial charge on any atom is 0.132 e. The Bertz CT molecular complexity index is 61.3. The van der Waals surface area contributed by atoms with Crippen LogP contribution in [-0.4, -0.2) is 24.3 Å². The molecule has 0 unspecified atom stereocenters. The molecule has 1 N–H and O–H groups in total. The van der Waals surface area contributed by atoms with Crippen molar-refractivity contribution in [3.05, 3.63) is 0 Å². The maximum absolute atomic E-state index is 9.58. The van der Waals surface area contributed by atoms with E-state index < -0.39 is 5.92 Å². The van der Waals surface area contributed by atoms with Crippen LogP contribution in [0.3, 0.4) is 0 Å². The fourth-order valence-corrected chi connectivity index (χ4v) is 0.118. The van der Waals surface area contributed by atoms with Gasteiger partial charge in [0.25, 0.3) is 0 Å². The lowest BCUT2D eigenvalue weighted by molar-refractivity contribution is -0.120. The number of rotatable bonds is 3. The third-order valence-corrected chi connectivity index (χ3v) is 0.560. The number of aliphatic hydroxyl groups is 1. The van der Waals surface area contributed by atoms with Gasteiger partial charge < -0.3 is 14.7 Å². The first-order chi connectivity index (χ1) is 3.35. The SMILES string of the molecule is O=CC(C=O)CO. The predicted molar refractivity (Wildman–Crippen MR) is 22.7 cm³/mol. The zero-order chi connectivity index (χ0) is 5.70. The molecule has 0 radical (unpaired) electrons. The first-order valence-electron chi connectivity index (χ1n) is 1.86. The monoisotopic (exact) mass is 102 g/mol. The molecule has 0 saturated heterocycles. The molecule has 0 atom stereocenters. The van der Waals surface area contributed by atoms with Crippen molar-refractivity contribution in [1.29, 1.82) is 0 Å². The Morgan fingerprint density at radius 2 is 1.86 bits per heavy atom. The number of aliphatic hydroxyl groups excluding tert-OH is 1. The van der Waals surface area contributed by atoms with Gasteiger partial charge in [-0.3, -0.25) is 0 Å². The van der Waals surface area contributed by atoms with Gasteiger partial charge in [-0.05, 0) is 0 Å². The van der Waals surface area contributed by atoms with E-state index in [1.807, 2.05) is 0 Å². The molecule has 3 heteroatoms. The van der Waals surface area contributed by atoms with Gasteiger partial charge in [-0.2, -0.15) is 0 Å². The van der Waals surface area contributed by atoms with Gasteiger partial charge in [-0.15, -0.1) is 0 Å².